The Labute approximate surface area is 184 Å². The summed E-state index contributed by atoms with van der Waals surface area (Å²) in [6.07, 6.45) is 25.5. The summed E-state index contributed by atoms with van der Waals surface area (Å²) in [6, 6.07) is 0. The zero-order chi connectivity index (χ0) is 21.9. The molecule has 0 amide bonds. The number of allylic oxidation sites excluding steroid dienone is 1. The van der Waals surface area contributed by atoms with Gasteiger partial charge in [-0.05, 0) is 32.1 Å². The molecule has 0 radical (unpaired) electrons. The van der Waals surface area contributed by atoms with Crippen molar-refractivity contribution in [3.63, 3.8) is 0 Å². The minimum Gasteiger partial charge on any atom is -0.481 e. The van der Waals surface area contributed by atoms with Gasteiger partial charge in [-0.15, -0.1) is 0 Å². The molecule has 1 rings (SSSR count). The molecule has 2 atom stereocenters. The fraction of sp³-hybridized carbons (Fsp3) is 0.846. The first-order valence-corrected chi connectivity index (χ1v) is 12.7. The molecule has 2 unspecified atom stereocenters. The average Bonchev–Trinajstić information content (AvgIpc) is 2.75. The maximum atomic E-state index is 12.2. The van der Waals surface area contributed by atoms with Gasteiger partial charge >= 0.3 is 11.9 Å². The third-order valence-electron chi connectivity index (χ3n) is 6.31. The van der Waals surface area contributed by atoms with Crippen molar-refractivity contribution >= 4 is 11.9 Å². The Balaban J connectivity index is 1.90. The molecule has 4 nitrogen and oxygen atoms in total. The third-order valence-corrected chi connectivity index (χ3v) is 6.31. The molecule has 0 bridgehead atoms. The van der Waals surface area contributed by atoms with E-state index in [0.717, 1.165) is 19.3 Å². The maximum absolute atomic E-state index is 12.2. The summed E-state index contributed by atoms with van der Waals surface area (Å²) in [7, 11) is 0. The van der Waals surface area contributed by atoms with Crippen LogP contribution in [-0.2, 0) is 14.3 Å². The Morgan fingerprint density at radius 2 is 1.27 bits per heavy atom. The monoisotopic (exact) mass is 422 g/mol. The summed E-state index contributed by atoms with van der Waals surface area (Å²) in [6.45, 7) is 2.63. The zero-order valence-electron chi connectivity index (χ0n) is 19.4. The highest BCUT2D eigenvalue weighted by atomic mass is 16.5. The molecule has 0 aromatic carbocycles. The Morgan fingerprint density at radius 1 is 0.767 bits per heavy atom. The van der Waals surface area contributed by atoms with Gasteiger partial charge in [-0.1, -0.05) is 103 Å². The highest BCUT2D eigenvalue weighted by Gasteiger charge is 2.36. The number of unbranched alkanes of at least 4 members (excludes halogenated alkanes) is 12. The Bertz CT molecular complexity index is 472. The van der Waals surface area contributed by atoms with Crippen molar-refractivity contribution in [3.8, 4) is 0 Å². The van der Waals surface area contributed by atoms with E-state index in [1.54, 1.807) is 0 Å². The molecular formula is C26H46O4. The predicted molar refractivity (Wildman–Crippen MR) is 123 cm³/mol. The van der Waals surface area contributed by atoms with Gasteiger partial charge in [-0.25, -0.2) is 0 Å². The minimum atomic E-state index is -0.862. The summed E-state index contributed by atoms with van der Waals surface area (Å²) in [5.74, 6) is -2.20. The van der Waals surface area contributed by atoms with E-state index in [1.165, 1.54) is 77.0 Å². The number of carboxylic acid groups (broad SMARTS) is 1. The van der Waals surface area contributed by atoms with Gasteiger partial charge in [0, 0.05) is 0 Å². The molecule has 174 valence electrons. The number of ether oxygens (including phenoxy) is 1. The van der Waals surface area contributed by atoms with E-state index in [2.05, 4.69) is 19.1 Å². The van der Waals surface area contributed by atoms with E-state index in [1.807, 2.05) is 0 Å². The van der Waals surface area contributed by atoms with Crippen LogP contribution in [-0.4, -0.2) is 23.7 Å². The Kier molecular flexibility index (Phi) is 16.4. The second-order valence-electron chi connectivity index (χ2n) is 8.94. The number of aliphatic carboxylic acids is 1. The van der Waals surface area contributed by atoms with E-state index in [9.17, 15) is 14.7 Å². The molecule has 1 aliphatic carbocycles. The maximum Gasteiger partial charge on any atom is 0.309 e. The average molecular weight is 423 g/mol. The highest BCUT2D eigenvalue weighted by molar-refractivity contribution is 5.81. The number of carbonyl (C=O) groups is 2. The molecule has 0 heterocycles. The molecule has 1 aliphatic rings. The molecule has 0 aromatic heterocycles. The highest BCUT2D eigenvalue weighted by Crippen LogP contribution is 2.31. The van der Waals surface area contributed by atoms with Gasteiger partial charge in [-0.2, -0.15) is 0 Å². The second kappa shape index (κ2) is 18.4. The molecule has 0 aliphatic heterocycles. The molecule has 4 heteroatoms. The lowest BCUT2D eigenvalue weighted by molar-refractivity contribution is -0.159. The van der Waals surface area contributed by atoms with Gasteiger partial charge in [0.25, 0.3) is 0 Å². The third kappa shape index (κ3) is 13.1. The fourth-order valence-corrected chi connectivity index (χ4v) is 4.38. The van der Waals surface area contributed by atoms with Crippen molar-refractivity contribution < 1.29 is 19.4 Å². The predicted octanol–water partition coefficient (Wildman–Crippen LogP) is 7.46. The standard InChI is InChI=1S/C26H46O4/c1-2-3-4-5-6-7-8-9-10-11-12-13-14-15-16-19-22-30-26(29)24-21-18-17-20-23(24)25(27)28/h15-16,23-24H,2-14,17-22H2,1H3,(H,27,28)/b16-15+. The number of hydrogen-bond donors (Lipinski definition) is 1. The molecule has 0 saturated heterocycles. The summed E-state index contributed by atoms with van der Waals surface area (Å²) < 4.78 is 5.33. The second-order valence-corrected chi connectivity index (χ2v) is 8.94. The lowest BCUT2D eigenvalue weighted by atomic mass is 9.79. The first-order valence-electron chi connectivity index (χ1n) is 12.7. The van der Waals surface area contributed by atoms with Gasteiger partial charge in [0.2, 0.25) is 0 Å². The van der Waals surface area contributed by atoms with Gasteiger partial charge in [-0.3, -0.25) is 9.59 Å². The zero-order valence-corrected chi connectivity index (χ0v) is 19.4. The van der Waals surface area contributed by atoms with Crippen LogP contribution in [0.1, 0.15) is 122 Å². The number of hydrogen-bond acceptors (Lipinski definition) is 3. The summed E-state index contributed by atoms with van der Waals surface area (Å²) in [5.41, 5.74) is 0. The molecule has 1 fully saturated rings. The van der Waals surface area contributed by atoms with Gasteiger partial charge in [0.15, 0.2) is 0 Å². The SMILES string of the molecule is CCCCCCCCCCCCCC/C=C/CCOC(=O)C1CCCCC1C(=O)O. The van der Waals surface area contributed by atoms with Crippen LogP contribution in [0.15, 0.2) is 12.2 Å². The van der Waals surface area contributed by atoms with E-state index in [4.69, 9.17) is 4.74 Å². The molecule has 1 N–H and O–H groups in total. The molecule has 0 aromatic rings. The number of esters is 1. The van der Waals surface area contributed by atoms with Crippen LogP contribution in [0.2, 0.25) is 0 Å². The van der Waals surface area contributed by atoms with Crippen molar-refractivity contribution in [3.05, 3.63) is 12.2 Å². The van der Waals surface area contributed by atoms with Crippen molar-refractivity contribution in [1.82, 2.24) is 0 Å². The Morgan fingerprint density at radius 3 is 1.83 bits per heavy atom. The van der Waals surface area contributed by atoms with Crippen molar-refractivity contribution in [2.75, 3.05) is 6.61 Å². The van der Waals surface area contributed by atoms with Gasteiger partial charge < -0.3 is 9.84 Å². The van der Waals surface area contributed by atoms with Gasteiger partial charge in [0.1, 0.15) is 0 Å². The van der Waals surface area contributed by atoms with Crippen molar-refractivity contribution in [2.45, 2.75) is 122 Å². The molecule has 0 spiro atoms. The summed E-state index contributed by atoms with van der Waals surface area (Å²) in [4.78, 5) is 23.4. The van der Waals surface area contributed by atoms with Crippen molar-refractivity contribution in [2.24, 2.45) is 11.8 Å². The summed E-state index contributed by atoms with van der Waals surface area (Å²) in [5, 5.41) is 9.26. The van der Waals surface area contributed by atoms with Gasteiger partial charge in [0.05, 0.1) is 18.4 Å². The van der Waals surface area contributed by atoms with Crippen LogP contribution in [0.3, 0.4) is 0 Å². The van der Waals surface area contributed by atoms with Crippen LogP contribution in [0, 0.1) is 11.8 Å². The van der Waals surface area contributed by atoms with Crippen LogP contribution in [0.25, 0.3) is 0 Å². The van der Waals surface area contributed by atoms with Crippen LogP contribution in [0.4, 0.5) is 0 Å². The molecular weight excluding hydrogens is 376 g/mol. The lowest BCUT2D eigenvalue weighted by Gasteiger charge is -2.26. The first-order chi connectivity index (χ1) is 14.7. The van der Waals surface area contributed by atoms with Crippen LogP contribution < -0.4 is 0 Å². The Hall–Kier alpha value is -1.32. The first kappa shape index (κ1) is 26.7. The smallest absolute Gasteiger partial charge is 0.309 e. The van der Waals surface area contributed by atoms with E-state index >= 15 is 0 Å². The van der Waals surface area contributed by atoms with E-state index < -0.39 is 17.8 Å². The quantitative estimate of drug-likeness (QED) is 0.141. The number of carbonyl (C=O) groups excluding carboxylic acids is 1. The number of rotatable bonds is 18. The van der Waals surface area contributed by atoms with E-state index in [0.29, 0.717) is 25.9 Å². The minimum absolute atomic E-state index is 0.323. The normalized spacial score (nSPS) is 19.2. The van der Waals surface area contributed by atoms with Crippen LogP contribution in [0.5, 0.6) is 0 Å². The molecule has 30 heavy (non-hydrogen) atoms. The van der Waals surface area contributed by atoms with E-state index in [-0.39, 0.29) is 5.97 Å². The number of carboxylic acids is 1. The molecule has 1 saturated carbocycles. The van der Waals surface area contributed by atoms with Crippen LogP contribution >= 0.6 is 0 Å². The largest absolute Gasteiger partial charge is 0.481 e. The topological polar surface area (TPSA) is 63.6 Å². The lowest BCUT2D eigenvalue weighted by Crippen LogP contribution is -2.33. The van der Waals surface area contributed by atoms with Crippen molar-refractivity contribution in [1.29, 1.82) is 0 Å². The fourth-order valence-electron chi connectivity index (χ4n) is 4.38. The summed E-state index contributed by atoms with van der Waals surface area (Å²) >= 11 is 0.